The maximum atomic E-state index is 13.2. The van der Waals surface area contributed by atoms with Crippen molar-refractivity contribution in [2.24, 2.45) is 0 Å². The lowest BCUT2D eigenvalue weighted by molar-refractivity contribution is -0.140. The van der Waals surface area contributed by atoms with E-state index in [1.807, 2.05) is 19.9 Å². The molecule has 1 atom stereocenters. The summed E-state index contributed by atoms with van der Waals surface area (Å²) in [5, 5.41) is 11.9. The van der Waals surface area contributed by atoms with Crippen LogP contribution in [0.5, 0.6) is 5.75 Å². The third-order valence-corrected chi connectivity index (χ3v) is 6.46. The van der Waals surface area contributed by atoms with Crippen LogP contribution in [0, 0.1) is 6.92 Å². The van der Waals surface area contributed by atoms with Gasteiger partial charge < -0.3 is 19.6 Å². The highest BCUT2D eigenvalue weighted by molar-refractivity contribution is 6.46. The zero-order chi connectivity index (χ0) is 24.8. The number of likely N-dealkylation sites (tertiary alicyclic amines) is 1. The Balaban J connectivity index is 2.07. The largest absolute Gasteiger partial charge is 0.507 e. The van der Waals surface area contributed by atoms with Crippen LogP contribution in [0.4, 0.5) is 0 Å². The molecule has 1 aliphatic heterocycles. The minimum atomic E-state index is -0.691. The van der Waals surface area contributed by atoms with E-state index in [2.05, 4.69) is 18.7 Å². The zero-order valence-electron chi connectivity index (χ0n) is 20.3. The summed E-state index contributed by atoms with van der Waals surface area (Å²) >= 11 is 6.09. The molecule has 0 unspecified atom stereocenters. The summed E-state index contributed by atoms with van der Waals surface area (Å²) in [6.45, 7) is 11.3. The third-order valence-electron chi connectivity index (χ3n) is 6.20. The number of aryl methyl sites for hydroxylation is 1. The van der Waals surface area contributed by atoms with Crippen molar-refractivity contribution in [3.8, 4) is 5.75 Å². The van der Waals surface area contributed by atoms with Crippen molar-refractivity contribution < 1.29 is 19.4 Å². The highest BCUT2D eigenvalue weighted by atomic mass is 35.5. The molecule has 1 aliphatic rings. The predicted molar refractivity (Wildman–Crippen MR) is 135 cm³/mol. The minimum absolute atomic E-state index is 0.0946. The number of ether oxygens (including phenoxy) is 1. The standard InChI is InChI=1S/C27H33ClN2O4/c1-5-16-34-21-12-13-22(18(4)17-21)25(31)23-24(19-8-10-20(28)11-9-19)30(27(33)26(23)32)15-14-29(6-2)7-3/h8-13,17,24,31H,5-7,14-16H2,1-4H3/t24-/m1/s1. The van der Waals surface area contributed by atoms with Gasteiger partial charge in [-0.3, -0.25) is 9.59 Å². The fraction of sp³-hybridized carbons (Fsp3) is 0.407. The first-order valence-corrected chi connectivity index (χ1v) is 12.2. The van der Waals surface area contributed by atoms with Gasteiger partial charge in [-0.05, 0) is 67.9 Å². The van der Waals surface area contributed by atoms with Crippen LogP contribution in [0.2, 0.25) is 5.02 Å². The van der Waals surface area contributed by atoms with Crippen LogP contribution >= 0.6 is 11.6 Å². The number of nitrogens with zero attached hydrogens (tertiary/aromatic N) is 2. The van der Waals surface area contributed by atoms with Crippen LogP contribution in [0.1, 0.15) is 49.9 Å². The number of benzene rings is 2. The summed E-state index contributed by atoms with van der Waals surface area (Å²) < 4.78 is 5.68. The van der Waals surface area contributed by atoms with Gasteiger partial charge in [-0.1, -0.05) is 44.5 Å². The van der Waals surface area contributed by atoms with E-state index in [1.165, 1.54) is 0 Å². The molecule has 2 aromatic rings. The van der Waals surface area contributed by atoms with Crippen LogP contribution in [-0.2, 0) is 9.59 Å². The number of Topliss-reactive ketones (excluding diaryl/α,β-unsaturated/α-hetero) is 1. The SMILES string of the molecule is CCCOc1ccc(C(O)=C2C(=O)C(=O)N(CCN(CC)CC)[C@@H]2c2ccc(Cl)cc2)c(C)c1. The Morgan fingerprint density at radius 1 is 1.09 bits per heavy atom. The van der Waals surface area contributed by atoms with Gasteiger partial charge in [0.25, 0.3) is 11.7 Å². The molecule has 0 saturated carbocycles. The summed E-state index contributed by atoms with van der Waals surface area (Å²) in [5.41, 5.74) is 2.09. The second kappa shape index (κ2) is 11.5. The normalized spacial score (nSPS) is 17.6. The van der Waals surface area contributed by atoms with E-state index >= 15 is 0 Å². The Labute approximate surface area is 206 Å². The number of hydrogen-bond donors (Lipinski definition) is 1. The van der Waals surface area contributed by atoms with Crippen LogP contribution in [0.15, 0.2) is 48.0 Å². The number of halogens is 1. The second-order valence-electron chi connectivity index (χ2n) is 8.40. The highest BCUT2D eigenvalue weighted by Crippen LogP contribution is 2.40. The number of rotatable bonds is 10. The van der Waals surface area contributed by atoms with Crippen molar-refractivity contribution in [3.63, 3.8) is 0 Å². The zero-order valence-corrected chi connectivity index (χ0v) is 21.1. The van der Waals surface area contributed by atoms with Crippen LogP contribution in [0.3, 0.4) is 0 Å². The van der Waals surface area contributed by atoms with E-state index in [0.29, 0.717) is 36.0 Å². The van der Waals surface area contributed by atoms with Crippen molar-refractivity contribution in [3.05, 3.63) is 69.8 Å². The van der Waals surface area contributed by atoms with Gasteiger partial charge in [-0.2, -0.15) is 0 Å². The quantitative estimate of drug-likeness (QED) is 0.285. The molecule has 2 aromatic carbocycles. The number of carbonyl (C=O) groups excluding carboxylic acids is 2. The molecule has 0 spiro atoms. The first kappa shape index (κ1) is 25.8. The summed E-state index contributed by atoms with van der Waals surface area (Å²) in [4.78, 5) is 30.1. The Kier molecular flexibility index (Phi) is 8.75. The van der Waals surface area contributed by atoms with Crippen molar-refractivity contribution in [2.75, 3.05) is 32.8 Å². The summed E-state index contributed by atoms with van der Waals surface area (Å²) in [7, 11) is 0. The summed E-state index contributed by atoms with van der Waals surface area (Å²) in [6.07, 6.45) is 0.888. The number of carbonyl (C=O) groups is 2. The minimum Gasteiger partial charge on any atom is -0.507 e. The number of ketones is 1. The molecule has 0 radical (unpaired) electrons. The number of amides is 1. The smallest absolute Gasteiger partial charge is 0.295 e. The van der Waals surface area contributed by atoms with Gasteiger partial charge >= 0.3 is 0 Å². The fourth-order valence-corrected chi connectivity index (χ4v) is 4.37. The van der Waals surface area contributed by atoms with Gasteiger partial charge in [0.1, 0.15) is 11.5 Å². The first-order valence-electron chi connectivity index (χ1n) is 11.8. The van der Waals surface area contributed by atoms with Gasteiger partial charge in [0.15, 0.2) is 0 Å². The molecule has 1 fully saturated rings. The van der Waals surface area contributed by atoms with Crippen LogP contribution < -0.4 is 4.74 Å². The molecule has 0 aromatic heterocycles. The molecular formula is C27H33ClN2O4. The van der Waals surface area contributed by atoms with E-state index in [0.717, 1.165) is 30.6 Å². The molecule has 7 heteroatoms. The highest BCUT2D eigenvalue weighted by Gasteiger charge is 2.46. The molecule has 34 heavy (non-hydrogen) atoms. The topological polar surface area (TPSA) is 70.1 Å². The lowest BCUT2D eigenvalue weighted by atomic mass is 9.94. The molecule has 0 bridgehead atoms. The Morgan fingerprint density at radius 3 is 2.35 bits per heavy atom. The van der Waals surface area contributed by atoms with Gasteiger partial charge in [0.05, 0.1) is 18.2 Å². The summed E-state index contributed by atoms with van der Waals surface area (Å²) in [5.74, 6) is -0.759. The number of likely N-dealkylation sites (N-methyl/N-ethyl adjacent to an activating group) is 1. The first-order chi connectivity index (χ1) is 16.3. The van der Waals surface area contributed by atoms with Crippen molar-refractivity contribution in [2.45, 2.75) is 40.2 Å². The molecule has 1 amide bonds. The average Bonchev–Trinajstić information content (AvgIpc) is 3.08. The van der Waals surface area contributed by atoms with Gasteiger partial charge in [0.2, 0.25) is 0 Å². The maximum absolute atomic E-state index is 13.2. The number of aliphatic hydroxyl groups is 1. The molecule has 1 N–H and O–H groups in total. The van der Waals surface area contributed by atoms with E-state index < -0.39 is 17.7 Å². The molecule has 1 heterocycles. The average molecular weight is 485 g/mol. The predicted octanol–water partition coefficient (Wildman–Crippen LogP) is 5.20. The van der Waals surface area contributed by atoms with E-state index in [4.69, 9.17) is 16.3 Å². The molecule has 1 saturated heterocycles. The molecule has 3 rings (SSSR count). The van der Waals surface area contributed by atoms with E-state index in [-0.39, 0.29) is 11.3 Å². The molecule has 182 valence electrons. The van der Waals surface area contributed by atoms with Crippen molar-refractivity contribution in [1.82, 2.24) is 9.80 Å². The van der Waals surface area contributed by atoms with Crippen molar-refractivity contribution in [1.29, 1.82) is 0 Å². The molecule has 6 nitrogen and oxygen atoms in total. The monoisotopic (exact) mass is 484 g/mol. The second-order valence-corrected chi connectivity index (χ2v) is 8.83. The Bertz CT molecular complexity index is 1060. The lowest BCUT2D eigenvalue weighted by Crippen LogP contribution is -2.38. The number of hydrogen-bond acceptors (Lipinski definition) is 5. The van der Waals surface area contributed by atoms with Crippen LogP contribution in [0.25, 0.3) is 5.76 Å². The van der Waals surface area contributed by atoms with Crippen molar-refractivity contribution >= 4 is 29.1 Å². The van der Waals surface area contributed by atoms with Gasteiger partial charge in [-0.15, -0.1) is 0 Å². The van der Waals surface area contributed by atoms with Gasteiger partial charge in [0, 0.05) is 23.7 Å². The fourth-order valence-electron chi connectivity index (χ4n) is 4.25. The maximum Gasteiger partial charge on any atom is 0.295 e. The third kappa shape index (κ3) is 5.45. The van der Waals surface area contributed by atoms with E-state index in [9.17, 15) is 14.7 Å². The molecule has 0 aliphatic carbocycles. The van der Waals surface area contributed by atoms with E-state index in [1.54, 1.807) is 41.3 Å². The van der Waals surface area contributed by atoms with Crippen LogP contribution in [-0.4, -0.2) is 59.4 Å². The Hall–Kier alpha value is -2.83. The lowest BCUT2D eigenvalue weighted by Gasteiger charge is -2.28. The Morgan fingerprint density at radius 2 is 1.76 bits per heavy atom. The summed E-state index contributed by atoms with van der Waals surface area (Å²) in [6, 6.07) is 11.7. The van der Waals surface area contributed by atoms with Gasteiger partial charge in [-0.25, -0.2) is 0 Å². The number of aliphatic hydroxyl groups excluding tert-OH is 1. The molecular weight excluding hydrogens is 452 g/mol.